The van der Waals surface area contributed by atoms with Crippen molar-refractivity contribution in [1.29, 1.82) is 0 Å². The van der Waals surface area contributed by atoms with E-state index in [9.17, 15) is 26.4 Å². The van der Waals surface area contributed by atoms with Crippen LogP contribution in [0.3, 0.4) is 0 Å². The summed E-state index contributed by atoms with van der Waals surface area (Å²) in [5.74, 6) is -0.298. The van der Waals surface area contributed by atoms with E-state index in [1.165, 1.54) is 54.3 Å². The van der Waals surface area contributed by atoms with E-state index in [1.807, 2.05) is 0 Å². The molecule has 0 saturated heterocycles. The maximum absolute atomic E-state index is 13.1. The highest BCUT2D eigenvalue weighted by Gasteiger charge is 2.37. The lowest BCUT2D eigenvalue weighted by atomic mass is 10.2. The highest BCUT2D eigenvalue weighted by atomic mass is 35.5. The number of anilines is 1. The first kappa shape index (κ1) is 25.1. The fraction of sp³-hybridized carbons (Fsp3) is 0.304. The lowest BCUT2D eigenvalue weighted by molar-refractivity contribution is -0.141. The van der Waals surface area contributed by atoms with E-state index < -0.39 is 27.6 Å². The molecule has 0 atom stereocenters. The van der Waals surface area contributed by atoms with E-state index in [4.69, 9.17) is 16.3 Å². The van der Waals surface area contributed by atoms with Crippen LogP contribution in [0.5, 0.6) is 5.75 Å². The summed E-state index contributed by atoms with van der Waals surface area (Å²) in [4.78, 5) is 12.5. The van der Waals surface area contributed by atoms with Crippen LogP contribution in [-0.2, 0) is 27.4 Å². The van der Waals surface area contributed by atoms with Gasteiger partial charge in [-0.05, 0) is 55.3 Å². The minimum atomic E-state index is -4.57. The van der Waals surface area contributed by atoms with Crippen molar-refractivity contribution in [3.63, 3.8) is 0 Å². The van der Waals surface area contributed by atoms with Gasteiger partial charge in [0.25, 0.3) is 0 Å². The normalized spacial score (nSPS) is 14.1. The number of aryl methyl sites for hydroxylation is 1. The van der Waals surface area contributed by atoms with E-state index >= 15 is 0 Å². The molecule has 0 bridgehead atoms. The molecule has 1 N–H and O–H groups in total. The van der Waals surface area contributed by atoms with E-state index in [0.29, 0.717) is 10.7 Å². The molecule has 0 aliphatic heterocycles. The Kier molecular flexibility index (Phi) is 6.83. The van der Waals surface area contributed by atoms with Crippen molar-refractivity contribution < 1.29 is 31.1 Å². The number of alkyl halides is 3. The van der Waals surface area contributed by atoms with Crippen LogP contribution in [0.2, 0.25) is 5.02 Å². The number of hydrogen-bond donors (Lipinski definition) is 1. The SMILES string of the molecule is COc1cc(NC(=O)CCn2nc(C(F)(F)F)cc2C2CC2)cc(S(=O)(=O)c2ccc(Cl)cc2)c1. The number of rotatable bonds is 8. The first-order chi connectivity index (χ1) is 16.5. The van der Waals surface area contributed by atoms with E-state index in [-0.39, 0.29) is 40.1 Å². The van der Waals surface area contributed by atoms with Gasteiger partial charge in [-0.1, -0.05) is 11.6 Å². The van der Waals surface area contributed by atoms with Crippen molar-refractivity contribution >= 4 is 33.0 Å². The molecule has 1 aromatic heterocycles. The minimum Gasteiger partial charge on any atom is -0.497 e. The monoisotopic (exact) mass is 527 g/mol. The maximum Gasteiger partial charge on any atom is 0.435 e. The molecule has 1 aliphatic rings. The molecule has 3 aromatic rings. The molecule has 1 saturated carbocycles. The number of aromatic nitrogens is 2. The third-order valence-electron chi connectivity index (χ3n) is 5.48. The third-order valence-corrected chi connectivity index (χ3v) is 7.48. The fourth-order valence-corrected chi connectivity index (χ4v) is 5.00. The maximum atomic E-state index is 13.1. The van der Waals surface area contributed by atoms with Gasteiger partial charge < -0.3 is 10.1 Å². The van der Waals surface area contributed by atoms with Crippen LogP contribution in [0.4, 0.5) is 18.9 Å². The summed E-state index contributed by atoms with van der Waals surface area (Å²) in [5.41, 5.74) is -0.353. The lowest BCUT2D eigenvalue weighted by Crippen LogP contribution is -2.17. The van der Waals surface area contributed by atoms with Gasteiger partial charge >= 0.3 is 6.18 Å². The van der Waals surface area contributed by atoms with Gasteiger partial charge in [0.05, 0.1) is 16.9 Å². The number of carbonyl (C=O) groups is 1. The average Bonchev–Trinajstić information content (AvgIpc) is 3.55. The first-order valence-corrected chi connectivity index (χ1v) is 12.5. The fourth-order valence-electron chi connectivity index (χ4n) is 3.55. The number of ether oxygens (including phenoxy) is 1. The molecule has 186 valence electrons. The molecular weight excluding hydrogens is 507 g/mol. The van der Waals surface area contributed by atoms with Crippen LogP contribution in [0.15, 0.2) is 58.3 Å². The van der Waals surface area contributed by atoms with E-state index in [1.54, 1.807) is 0 Å². The quantitative estimate of drug-likeness (QED) is 0.429. The number of nitrogens with zero attached hydrogens (tertiary/aromatic N) is 2. The summed E-state index contributed by atoms with van der Waals surface area (Å²) < 4.78 is 71.7. The van der Waals surface area contributed by atoms with E-state index in [0.717, 1.165) is 18.9 Å². The number of amides is 1. The Balaban J connectivity index is 1.51. The molecule has 0 radical (unpaired) electrons. The summed E-state index contributed by atoms with van der Waals surface area (Å²) in [6.07, 6.45) is -3.16. The molecule has 0 unspecified atom stereocenters. The second-order valence-electron chi connectivity index (χ2n) is 8.10. The number of halogens is 4. The Labute approximate surface area is 204 Å². The highest BCUT2D eigenvalue weighted by molar-refractivity contribution is 7.91. The zero-order valence-electron chi connectivity index (χ0n) is 18.5. The second-order valence-corrected chi connectivity index (χ2v) is 10.5. The molecule has 1 aliphatic carbocycles. The second kappa shape index (κ2) is 9.54. The van der Waals surface area contributed by atoms with Gasteiger partial charge in [-0.3, -0.25) is 9.48 Å². The Morgan fingerprint density at radius 1 is 1.14 bits per heavy atom. The molecule has 4 rings (SSSR count). The van der Waals surface area contributed by atoms with Crippen molar-refractivity contribution in [2.75, 3.05) is 12.4 Å². The average molecular weight is 528 g/mol. The number of benzene rings is 2. The van der Waals surface area contributed by atoms with Gasteiger partial charge in [0.15, 0.2) is 5.69 Å². The minimum absolute atomic E-state index is 0.0131. The molecule has 1 heterocycles. The van der Waals surface area contributed by atoms with Gasteiger partial charge in [0.2, 0.25) is 15.7 Å². The number of methoxy groups -OCH3 is 1. The predicted octanol–water partition coefficient (Wildman–Crippen LogP) is 5.30. The predicted molar refractivity (Wildman–Crippen MR) is 122 cm³/mol. The summed E-state index contributed by atoms with van der Waals surface area (Å²) in [6.45, 7) is -0.0480. The van der Waals surface area contributed by atoms with Crippen LogP contribution in [0.25, 0.3) is 0 Å². The molecule has 0 spiro atoms. The topological polar surface area (TPSA) is 90.3 Å². The summed E-state index contributed by atoms with van der Waals surface area (Å²) in [6, 6.07) is 10.7. The van der Waals surface area contributed by atoms with Crippen molar-refractivity contribution in [1.82, 2.24) is 9.78 Å². The van der Waals surface area contributed by atoms with Crippen LogP contribution in [-0.4, -0.2) is 31.2 Å². The van der Waals surface area contributed by atoms with Crippen molar-refractivity contribution in [2.24, 2.45) is 0 Å². The van der Waals surface area contributed by atoms with Gasteiger partial charge in [0.1, 0.15) is 5.75 Å². The largest absolute Gasteiger partial charge is 0.497 e. The molecule has 2 aromatic carbocycles. The zero-order chi connectivity index (χ0) is 25.4. The van der Waals surface area contributed by atoms with Crippen molar-refractivity contribution in [3.05, 3.63) is 64.9 Å². The Morgan fingerprint density at radius 3 is 2.43 bits per heavy atom. The van der Waals surface area contributed by atoms with Gasteiger partial charge in [-0.25, -0.2) is 8.42 Å². The lowest BCUT2D eigenvalue weighted by Gasteiger charge is -2.12. The molecule has 35 heavy (non-hydrogen) atoms. The van der Waals surface area contributed by atoms with Crippen molar-refractivity contribution in [2.45, 2.75) is 47.7 Å². The third kappa shape index (κ3) is 5.79. The molecule has 7 nitrogen and oxygen atoms in total. The molecule has 12 heteroatoms. The number of sulfone groups is 1. The molecule has 1 fully saturated rings. The van der Waals surface area contributed by atoms with Crippen LogP contribution in [0.1, 0.15) is 36.6 Å². The van der Waals surface area contributed by atoms with E-state index in [2.05, 4.69) is 10.4 Å². The number of nitrogens with one attached hydrogen (secondary N) is 1. The zero-order valence-corrected chi connectivity index (χ0v) is 20.0. The Bertz CT molecular complexity index is 1350. The summed E-state index contributed by atoms with van der Waals surface area (Å²) >= 11 is 5.84. The molecular formula is C23H21ClF3N3O4S. The van der Waals surface area contributed by atoms with Gasteiger partial charge in [0, 0.05) is 41.4 Å². The van der Waals surface area contributed by atoms with Crippen LogP contribution in [0, 0.1) is 0 Å². The van der Waals surface area contributed by atoms with Crippen LogP contribution >= 0.6 is 11.6 Å². The summed E-state index contributed by atoms with van der Waals surface area (Å²) in [5, 5.41) is 6.61. The standard InChI is InChI=1S/C23H21ClF3N3O4S/c1-34-17-10-16(11-19(12-17)35(32,33)18-6-4-15(24)5-7-18)28-22(31)8-9-30-20(14-2-3-14)13-21(29-30)23(25,26)27/h4-7,10-14H,2-3,8-9H2,1H3,(H,28,31). The Morgan fingerprint density at radius 2 is 1.83 bits per heavy atom. The van der Waals surface area contributed by atoms with Crippen molar-refractivity contribution in [3.8, 4) is 5.75 Å². The van der Waals surface area contributed by atoms with Gasteiger partial charge in [-0.2, -0.15) is 18.3 Å². The summed E-state index contributed by atoms with van der Waals surface area (Å²) in [7, 11) is -2.58. The first-order valence-electron chi connectivity index (χ1n) is 10.6. The number of hydrogen-bond acceptors (Lipinski definition) is 5. The Hall–Kier alpha value is -3.05. The smallest absolute Gasteiger partial charge is 0.435 e. The van der Waals surface area contributed by atoms with Crippen LogP contribution < -0.4 is 10.1 Å². The highest BCUT2D eigenvalue weighted by Crippen LogP contribution is 2.42. The molecule has 1 amide bonds. The van der Waals surface area contributed by atoms with Gasteiger partial charge in [-0.15, -0.1) is 0 Å². The number of carbonyl (C=O) groups excluding carboxylic acids is 1.